The molecular weight excluding hydrogens is 410 g/mol. The minimum atomic E-state index is 0.863. The fourth-order valence-electron chi connectivity index (χ4n) is 3.80. The van der Waals surface area contributed by atoms with Crippen molar-refractivity contribution in [2.45, 2.75) is 0 Å². The molecule has 0 aliphatic rings. The van der Waals surface area contributed by atoms with Gasteiger partial charge in [0.1, 0.15) is 5.75 Å². The van der Waals surface area contributed by atoms with E-state index < -0.39 is 0 Å². The lowest BCUT2D eigenvalue weighted by Crippen LogP contribution is -1.94. The van der Waals surface area contributed by atoms with Crippen LogP contribution in [0, 0.1) is 0 Å². The lowest BCUT2D eigenvalue weighted by molar-refractivity contribution is 0.415. The zero-order valence-corrected chi connectivity index (χ0v) is 17.0. The minimum absolute atomic E-state index is 0.863. The molecule has 3 heteroatoms. The quantitative estimate of drug-likeness (QED) is 0.296. The van der Waals surface area contributed by atoms with Gasteiger partial charge in [-0.1, -0.05) is 52.3 Å². The summed E-state index contributed by atoms with van der Waals surface area (Å²) in [7, 11) is 1.69. The van der Waals surface area contributed by atoms with E-state index in [1.54, 1.807) is 7.11 Å². The average Bonchev–Trinajstić information content (AvgIpc) is 3.08. The Morgan fingerprint density at radius 3 is 2.11 bits per heavy atom. The molecule has 4 aromatic carbocycles. The van der Waals surface area contributed by atoms with E-state index in [4.69, 9.17) is 4.74 Å². The lowest BCUT2D eigenvalue weighted by Gasteiger charge is -2.09. The Bertz CT molecular complexity index is 1280. The Morgan fingerprint density at radius 1 is 0.679 bits per heavy atom. The fraction of sp³-hybridized carbons (Fsp3) is 0.0400. The topological polar surface area (TPSA) is 14.2 Å². The molecule has 1 aromatic heterocycles. The predicted molar refractivity (Wildman–Crippen MR) is 120 cm³/mol. The van der Waals surface area contributed by atoms with Gasteiger partial charge >= 0.3 is 0 Å². The Balaban J connectivity index is 1.76. The first-order valence-corrected chi connectivity index (χ1v) is 9.97. The van der Waals surface area contributed by atoms with Crippen LogP contribution in [0.2, 0.25) is 0 Å². The zero-order valence-electron chi connectivity index (χ0n) is 15.4. The standard InChI is InChI=1S/C25H18BrNO/c1-28-21-13-11-20(12-14-21)27-24-5-3-2-4-22(24)23-16-18(8-15-25(23)27)17-6-9-19(26)10-7-17/h2-16H,1H3. The average molecular weight is 428 g/mol. The van der Waals surface area contributed by atoms with E-state index in [2.05, 4.69) is 99.4 Å². The number of rotatable bonds is 3. The van der Waals surface area contributed by atoms with Crippen molar-refractivity contribution in [2.24, 2.45) is 0 Å². The number of hydrogen-bond donors (Lipinski definition) is 0. The van der Waals surface area contributed by atoms with Gasteiger partial charge in [0.2, 0.25) is 0 Å². The molecular formula is C25H18BrNO. The summed E-state index contributed by atoms with van der Waals surface area (Å²) in [5.41, 5.74) is 5.97. The second kappa shape index (κ2) is 6.84. The highest BCUT2D eigenvalue weighted by molar-refractivity contribution is 9.10. The summed E-state index contributed by atoms with van der Waals surface area (Å²) in [6.07, 6.45) is 0. The van der Waals surface area contributed by atoms with Crippen LogP contribution in [-0.2, 0) is 0 Å². The third-order valence-corrected chi connectivity index (χ3v) is 5.71. The van der Waals surface area contributed by atoms with Crippen LogP contribution in [0.1, 0.15) is 0 Å². The van der Waals surface area contributed by atoms with Crippen LogP contribution in [0.15, 0.2) is 95.5 Å². The van der Waals surface area contributed by atoms with Gasteiger partial charge in [0.05, 0.1) is 18.1 Å². The maximum Gasteiger partial charge on any atom is 0.119 e. The van der Waals surface area contributed by atoms with Crippen molar-refractivity contribution in [1.29, 1.82) is 0 Å². The Kier molecular flexibility index (Phi) is 4.18. The van der Waals surface area contributed by atoms with E-state index in [9.17, 15) is 0 Å². The lowest BCUT2D eigenvalue weighted by atomic mass is 10.0. The van der Waals surface area contributed by atoms with Crippen LogP contribution < -0.4 is 4.74 Å². The first-order valence-electron chi connectivity index (χ1n) is 9.18. The van der Waals surface area contributed by atoms with E-state index in [-0.39, 0.29) is 0 Å². The highest BCUT2D eigenvalue weighted by Crippen LogP contribution is 2.35. The number of ether oxygens (including phenoxy) is 1. The summed E-state index contributed by atoms with van der Waals surface area (Å²) in [6.45, 7) is 0. The monoisotopic (exact) mass is 427 g/mol. The maximum absolute atomic E-state index is 5.32. The van der Waals surface area contributed by atoms with Gasteiger partial charge in [-0.05, 0) is 65.7 Å². The Morgan fingerprint density at radius 2 is 1.36 bits per heavy atom. The molecule has 136 valence electrons. The fourth-order valence-corrected chi connectivity index (χ4v) is 4.07. The van der Waals surface area contributed by atoms with Crippen molar-refractivity contribution >= 4 is 37.7 Å². The highest BCUT2D eigenvalue weighted by Gasteiger charge is 2.13. The summed E-state index contributed by atoms with van der Waals surface area (Å²) >= 11 is 3.52. The summed E-state index contributed by atoms with van der Waals surface area (Å²) < 4.78 is 8.73. The van der Waals surface area contributed by atoms with Crippen LogP contribution in [0.5, 0.6) is 5.75 Å². The van der Waals surface area contributed by atoms with Crippen molar-refractivity contribution in [3.8, 4) is 22.6 Å². The molecule has 5 aromatic rings. The van der Waals surface area contributed by atoms with E-state index in [1.165, 1.54) is 32.9 Å². The normalized spacial score (nSPS) is 11.2. The van der Waals surface area contributed by atoms with Crippen LogP contribution in [0.3, 0.4) is 0 Å². The van der Waals surface area contributed by atoms with Crippen molar-refractivity contribution in [3.63, 3.8) is 0 Å². The third kappa shape index (κ3) is 2.79. The largest absolute Gasteiger partial charge is 0.497 e. The van der Waals surface area contributed by atoms with E-state index in [0.29, 0.717) is 0 Å². The number of aromatic nitrogens is 1. The highest BCUT2D eigenvalue weighted by atomic mass is 79.9. The number of nitrogens with zero attached hydrogens (tertiary/aromatic N) is 1. The molecule has 2 nitrogen and oxygen atoms in total. The maximum atomic E-state index is 5.32. The zero-order chi connectivity index (χ0) is 19.1. The van der Waals surface area contributed by atoms with Crippen LogP contribution in [0.4, 0.5) is 0 Å². The first-order chi connectivity index (χ1) is 13.7. The summed E-state index contributed by atoms with van der Waals surface area (Å²) in [6, 6.07) is 32.0. The molecule has 0 atom stereocenters. The molecule has 0 saturated heterocycles. The van der Waals surface area contributed by atoms with Gasteiger partial charge in [-0.2, -0.15) is 0 Å². The van der Waals surface area contributed by atoms with Gasteiger partial charge in [-0.25, -0.2) is 0 Å². The molecule has 28 heavy (non-hydrogen) atoms. The molecule has 0 amide bonds. The Hall–Kier alpha value is -3.04. The molecule has 0 radical (unpaired) electrons. The van der Waals surface area contributed by atoms with E-state index in [0.717, 1.165) is 15.9 Å². The van der Waals surface area contributed by atoms with Gasteiger partial charge in [-0.3, -0.25) is 0 Å². The van der Waals surface area contributed by atoms with Crippen molar-refractivity contribution < 1.29 is 4.74 Å². The number of hydrogen-bond acceptors (Lipinski definition) is 1. The summed E-state index contributed by atoms with van der Waals surface area (Å²) in [5.74, 6) is 0.863. The number of methoxy groups -OCH3 is 1. The Labute approximate surface area is 172 Å². The van der Waals surface area contributed by atoms with Gasteiger partial charge in [0.25, 0.3) is 0 Å². The number of fused-ring (bicyclic) bond motifs is 3. The SMILES string of the molecule is COc1ccc(-n2c3ccccc3c3cc(-c4ccc(Br)cc4)ccc32)cc1. The third-order valence-electron chi connectivity index (χ3n) is 5.18. The number of para-hydroxylation sites is 1. The summed E-state index contributed by atoms with van der Waals surface area (Å²) in [5, 5.41) is 2.51. The molecule has 0 N–H and O–H groups in total. The second-order valence-corrected chi connectivity index (χ2v) is 7.71. The molecule has 0 saturated carbocycles. The van der Waals surface area contributed by atoms with E-state index in [1.807, 2.05) is 12.1 Å². The van der Waals surface area contributed by atoms with Crippen LogP contribution >= 0.6 is 15.9 Å². The van der Waals surface area contributed by atoms with Crippen LogP contribution in [0.25, 0.3) is 38.6 Å². The smallest absolute Gasteiger partial charge is 0.119 e. The second-order valence-electron chi connectivity index (χ2n) is 6.79. The predicted octanol–water partition coefficient (Wildman–Crippen LogP) is 7.22. The molecule has 5 rings (SSSR count). The van der Waals surface area contributed by atoms with Gasteiger partial charge in [0, 0.05) is 20.9 Å². The molecule has 0 bridgehead atoms. The number of halogens is 1. The molecule has 1 heterocycles. The molecule has 0 spiro atoms. The van der Waals surface area contributed by atoms with Gasteiger partial charge in [-0.15, -0.1) is 0 Å². The van der Waals surface area contributed by atoms with Gasteiger partial charge < -0.3 is 9.30 Å². The first kappa shape index (κ1) is 17.1. The molecule has 0 aliphatic carbocycles. The molecule has 0 unspecified atom stereocenters. The van der Waals surface area contributed by atoms with Crippen molar-refractivity contribution in [3.05, 3.63) is 95.5 Å². The van der Waals surface area contributed by atoms with Crippen molar-refractivity contribution in [2.75, 3.05) is 7.11 Å². The van der Waals surface area contributed by atoms with Gasteiger partial charge in [0.15, 0.2) is 0 Å². The summed E-state index contributed by atoms with van der Waals surface area (Å²) in [4.78, 5) is 0. The van der Waals surface area contributed by atoms with E-state index >= 15 is 0 Å². The van der Waals surface area contributed by atoms with Crippen LogP contribution in [-0.4, -0.2) is 11.7 Å². The molecule has 0 fully saturated rings. The molecule has 0 aliphatic heterocycles. The number of benzene rings is 4. The van der Waals surface area contributed by atoms with Crippen molar-refractivity contribution in [1.82, 2.24) is 4.57 Å². The minimum Gasteiger partial charge on any atom is -0.497 e.